The van der Waals surface area contributed by atoms with E-state index in [0.29, 0.717) is 0 Å². The van der Waals surface area contributed by atoms with Gasteiger partial charge in [0.25, 0.3) is 0 Å². The highest BCUT2D eigenvalue weighted by atomic mass is 79.9. The Labute approximate surface area is 92.0 Å². The molecule has 14 heavy (non-hydrogen) atoms. The van der Waals surface area contributed by atoms with Crippen LogP contribution in [-0.2, 0) is 11.8 Å². The fourth-order valence-electron chi connectivity index (χ4n) is 1.81. The molecule has 0 amide bonds. The number of nitrogens with zero attached hydrogens (tertiary/aromatic N) is 3. The van der Waals surface area contributed by atoms with Crippen molar-refractivity contribution in [2.24, 2.45) is 7.05 Å². The molecule has 0 atom stereocenters. The maximum absolute atomic E-state index is 5.32. The van der Waals surface area contributed by atoms with Crippen molar-refractivity contribution in [1.82, 2.24) is 9.78 Å². The van der Waals surface area contributed by atoms with Crippen molar-refractivity contribution in [1.29, 1.82) is 0 Å². The molecule has 0 saturated carbocycles. The second kappa shape index (κ2) is 3.90. The maximum Gasteiger partial charge on any atom is 0.133 e. The number of morpholine rings is 1. The zero-order valence-corrected chi connectivity index (χ0v) is 10.0. The summed E-state index contributed by atoms with van der Waals surface area (Å²) in [5.41, 5.74) is 1.20. The standard InChI is InChI=1S/C9H14BrN3O/c1-7-8(10)11-12(2)9(7)13-3-5-14-6-4-13/h3-6H2,1-2H3. The van der Waals surface area contributed by atoms with E-state index in [1.54, 1.807) is 0 Å². The molecule has 1 fully saturated rings. The van der Waals surface area contributed by atoms with E-state index in [9.17, 15) is 0 Å². The second-order valence-corrected chi connectivity index (χ2v) is 4.21. The summed E-state index contributed by atoms with van der Waals surface area (Å²) in [6.07, 6.45) is 0. The van der Waals surface area contributed by atoms with E-state index in [1.807, 2.05) is 11.7 Å². The van der Waals surface area contributed by atoms with Crippen molar-refractivity contribution in [3.63, 3.8) is 0 Å². The summed E-state index contributed by atoms with van der Waals surface area (Å²) in [5.74, 6) is 1.19. The SMILES string of the molecule is Cc1c(Br)nn(C)c1N1CCOCC1. The molecule has 1 aliphatic heterocycles. The molecule has 0 aliphatic carbocycles. The minimum absolute atomic E-state index is 0.808. The van der Waals surface area contributed by atoms with Crippen LogP contribution < -0.4 is 4.90 Å². The first-order valence-corrected chi connectivity index (χ1v) is 5.51. The van der Waals surface area contributed by atoms with E-state index in [2.05, 4.69) is 32.9 Å². The second-order valence-electron chi connectivity index (χ2n) is 3.46. The fraction of sp³-hybridized carbons (Fsp3) is 0.667. The molecule has 2 heterocycles. The van der Waals surface area contributed by atoms with Crippen molar-refractivity contribution in [3.05, 3.63) is 10.2 Å². The third kappa shape index (κ3) is 1.66. The van der Waals surface area contributed by atoms with Gasteiger partial charge in [-0.3, -0.25) is 4.68 Å². The minimum Gasteiger partial charge on any atom is -0.378 e. The van der Waals surface area contributed by atoms with Gasteiger partial charge in [0.15, 0.2) is 0 Å². The van der Waals surface area contributed by atoms with Crippen LogP contribution in [0.1, 0.15) is 5.56 Å². The van der Waals surface area contributed by atoms with Crippen molar-refractivity contribution >= 4 is 21.7 Å². The van der Waals surface area contributed by atoms with Crippen LogP contribution in [0.2, 0.25) is 0 Å². The summed E-state index contributed by atoms with van der Waals surface area (Å²) >= 11 is 3.44. The quantitative estimate of drug-likeness (QED) is 0.763. The molecule has 0 N–H and O–H groups in total. The highest BCUT2D eigenvalue weighted by Crippen LogP contribution is 2.26. The molecule has 1 aromatic heterocycles. The number of aryl methyl sites for hydroxylation is 1. The Morgan fingerprint density at radius 3 is 2.50 bits per heavy atom. The van der Waals surface area contributed by atoms with Gasteiger partial charge in [-0.25, -0.2) is 0 Å². The topological polar surface area (TPSA) is 30.3 Å². The molecular formula is C9H14BrN3O. The van der Waals surface area contributed by atoms with Crippen molar-refractivity contribution in [2.45, 2.75) is 6.92 Å². The number of aromatic nitrogens is 2. The van der Waals surface area contributed by atoms with E-state index in [0.717, 1.165) is 30.9 Å². The molecular weight excluding hydrogens is 246 g/mol. The number of halogens is 1. The van der Waals surface area contributed by atoms with Gasteiger partial charge in [-0.15, -0.1) is 0 Å². The Bertz CT molecular complexity index is 331. The molecule has 2 rings (SSSR count). The summed E-state index contributed by atoms with van der Waals surface area (Å²) in [5, 5.41) is 4.34. The first kappa shape index (κ1) is 9.98. The first-order valence-electron chi connectivity index (χ1n) is 4.72. The zero-order valence-electron chi connectivity index (χ0n) is 8.46. The third-order valence-electron chi connectivity index (χ3n) is 2.50. The van der Waals surface area contributed by atoms with Crippen LogP contribution in [0, 0.1) is 6.92 Å². The van der Waals surface area contributed by atoms with Gasteiger partial charge in [-0.1, -0.05) is 0 Å². The van der Waals surface area contributed by atoms with Crippen LogP contribution >= 0.6 is 15.9 Å². The summed E-state index contributed by atoms with van der Waals surface area (Å²) in [6.45, 7) is 5.60. The van der Waals surface area contributed by atoms with Gasteiger partial charge in [0, 0.05) is 25.7 Å². The van der Waals surface area contributed by atoms with Crippen molar-refractivity contribution < 1.29 is 4.74 Å². The monoisotopic (exact) mass is 259 g/mol. The van der Waals surface area contributed by atoms with Crippen LogP contribution in [0.5, 0.6) is 0 Å². The summed E-state index contributed by atoms with van der Waals surface area (Å²) in [7, 11) is 1.97. The van der Waals surface area contributed by atoms with E-state index in [1.165, 1.54) is 11.4 Å². The van der Waals surface area contributed by atoms with Gasteiger partial charge in [0.1, 0.15) is 10.4 Å². The predicted octanol–water partition coefficient (Wildman–Crippen LogP) is 1.33. The summed E-state index contributed by atoms with van der Waals surface area (Å²) < 4.78 is 8.18. The van der Waals surface area contributed by atoms with E-state index in [-0.39, 0.29) is 0 Å². The van der Waals surface area contributed by atoms with Gasteiger partial charge in [-0.2, -0.15) is 5.10 Å². The number of anilines is 1. The lowest BCUT2D eigenvalue weighted by Crippen LogP contribution is -2.37. The predicted molar refractivity (Wildman–Crippen MR) is 58.7 cm³/mol. The number of rotatable bonds is 1. The molecule has 0 spiro atoms. The Balaban J connectivity index is 2.29. The molecule has 1 saturated heterocycles. The molecule has 0 aromatic carbocycles. The number of hydrogen-bond donors (Lipinski definition) is 0. The summed E-state index contributed by atoms with van der Waals surface area (Å²) in [4.78, 5) is 2.32. The van der Waals surface area contributed by atoms with Gasteiger partial charge < -0.3 is 9.64 Å². The van der Waals surface area contributed by atoms with Crippen LogP contribution in [-0.4, -0.2) is 36.1 Å². The largest absolute Gasteiger partial charge is 0.378 e. The summed E-state index contributed by atoms with van der Waals surface area (Å²) in [6, 6.07) is 0. The van der Waals surface area contributed by atoms with Crippen LogP contribution in [0.4, 0.5) is 5.82 Å². The molecule has 0 unspecified atom stereocenters. The van der Waals surface area contributed by atoms with Gasteiger partial charge in [0.2, 0.25) is 0 Å². The molecule has 5 heteroatoms. The molecule has 4 nitrogen and oxygen atoms in total. The lowest BCUT2D eigenvalue weighted by Gasteiger charge is -2.29. The van der Waals surface area contributed by atoms with E-state index < -0.39 is 0 Å². The average Bonchev–Trinajstić information content (AvgIpc) is 2.43. The van der Waals surface area contributed by atoms with E-state index in [4.69, 9.17) is 4.74 Å². The number of ether oxygens (including phenoxy) is 1. The maximum atomic E-state index is 5.32. The third-order valence-corrected chi connectivity index (χ3v) is 3.25. The number of hydrogen-bond acceptors (Lipinski definition) is 3. The lowest BCUT2D eigenvalue weighted by atomic mass is 10.3. The minimum atomic E-state index is 0.808. The average molecular weight is 260 g/mol. The van der Waals surface area contributed by atoms with Crippen LogP contribution in [0.3, 0.4) is 0 Å². The van der Waals surface area contributed by atoms with Gasteiger partial charge >= 0.3 is 0 Å². The molecule has 0 bridgehead atoms. The Hall–Kier alpha value is -0.550. The zero-order chi connectivity index (χ0) is 10.1. The van der Waals surface area contributed by atoms with Crippen LogP contribution in [0.25, 0.3) is 0 Å². The first-order chi connectivity index (χ1) is 6.70. The smallest absolute Gasteiger partial charge is 0.133 e. The van der Waals surface area contributed by atoms with Crippen LogP contribution in [0.15, 0.2) is 4.60 Å². The highest BCUT2D eigenvalue weighted by Gasteiger charge is 2.18. The normalized spacial score (nSPS) is 17.5. The van der Waals surface area contributed by atoms with E-state index >= 15 is 0 Å². The van der Waals surface area contributed by atoms with Crippen molar-refractivity contribution in [2.75, 3.05) is 31.2 Å². The molecule has 0 radical (unpaired) electrons. The Morgan fingerprint density at radius 1 is 1.36 bits per heavy atom. The fourth-order valence-corrected chi connectivity index (χ4v) is 2.22. The lowest BCUT2D eigenvalue weighted by molar-refractivity contribution is 0.122. The Kier molecular flexibility index (Phi) is 2.78. The molecule has 1 aromatic rings. The van der Waals surface area contributed by atoms with Crippen molar-refractivity contribution in [3.8, 4) is 0 Å². The molecule has 78 valence electrons. The van der Waals surface area contributed by atoms with Gasteiger partial charge in [0.05, 0.1) is 13.2 Å². The highest BCUT2D eigenvalue weighted by molar-refractivity contribution is 9.10. The Morgan fingerprint density at radius 2 is 2.00 bits per heavy atom. The molecule has 1 aliphatic rings. The van der Waals surface area contributed by atoms with Gasteiger partial charge in [-0.05, 0) is 22.9 Å².